The summed E-state index contributed by atoms with van der Waals surface area (Å²) in [5, 5.41) is 9.70. The average molecular weight is 234 g/mol. The van der Waals surface area contributed by atoms with E-state index in [0.717, 1.165) is 13.1 Å². The van der Waals surface area contributed by atoms with Crippen LogP contribution in [0.15, 0.2) is 18.3 Å². The Morgan fingerprint density at radius 1 is 1.38 bits per heavy atom. The van der Waals surface area contributed by atoms with E-state index in [0.29, 0.717) is 5.69 Å². The molecule has 0 aliphatic heterocycles. The third-order valence-electron chi connectivity index (χ3n) is 2.44. The molecular formula is C10H13F3N2O. The molecule has 0 aliphatic carbocycles. The second-order valence-corrected chi connectivity index (χ2v) is 3.74. The van der Waals surface area contributed by atoms with E-state index in [-0.39, 0.29) is 5.56 Å². The number of pyridine rings is 1. The summed E-state index contributed by atoms with van der Waals surface area (Å²) in [6, 6.07) is 1.10. The van der Waals surface area contributed by atoms with Gasteiger partial charge in [-0.15, -0.1) is 0 Å². The maximum Gasteiger partial charge on any atom is 0.423 e. The number of aryl methyl sites for hydroxylation is 1. The summed E-state index contributed by atoms with van der Waals surface area (Å²) in [6.07, 6.45) is -3.84. The van der Waals surface area contributed by atoms with E-state index in [1.165, 1.54) is 12.1 Å². The summed E-state index contributed by atoms with van der Waals surface area (Å²) in [6.45, 7) is 2.75. The van der Waals surface area contributed by atoms with Gasteiger partial charge in [0.15, 0.2) is 0 Å². The Labute approximate surface area is 91.1 Å². The van der Waals surface area contributed by atoms with Crippen LogP contribution in [0.25, 0.3) is 0 Å². The smallest absolute Gasteiger partial charge is 0.375 e. The molecule has 0 aromatic carbocycles. The number of alkyl halides is 3. The molecule has 0 spiro atoms. The summed E-state index contributed by atoms with van der Waals surface area (Å²) < 4.78 is 38.4. The lowest BCUT2D eigenvalue weighted by molar-refractivity contribution is -0.273. The number of rotatable bonds is 2. The molecule has 2 unspecified atom stereocenters. The van der Waals surface area contributed by atoms with Gasteiger partial charge in [-0.25, -0.2) is 0 Å². The van der Waals surface area contributed by atoms with Gasteiger partial charge in [0.25, 0.3) is 0 Å². The zero-order valence-electron chi connectivity index (χ0n) is 8.92. The zero-order chi connectivity index (χ0) is 12.6. The van der Waals surface area contributed by atoms with Gasteiger partial charge in [0.2, 0.25) is 5.60 Å². The van der Waals surface area contributed by atoms with Gasteiger partial charge in [-0.3, -0.25) is 4.98 Å². The van der Waals surface area contributed by atoms with Gasteiger partial charge < -0.3 is 10.8 Å². The highest BCUT2D eigenvalue weighted by molar-refractivity contribution is 5.24. The van der Waals surface area contributed by atoms with E-state index in [1.54, 1.807) is 6.92 Å². The molecule has 1 aromatic heterocycles. The predicted octanol–water partition coefficient (Wildman–Crippen LogP) is 1.49. The first-order valence-corrected chi connectivity index (χ1v) is 4.67. The van der Waals surface area contributed by atoms with E-state index >= 15 is 0 Å². The van der Waals surface area contributed by atoms with Crippen molar-refractivity contribution in [2.75, 3.05) is 0 Å². The lowest BCUT2D eigenvalue weighted by Gasteiger charge is -2.33. The second kappa shape index (κ2) is 4.03. The van der Waals surface area contributed by atoms with E-state index in [2.05, 4.69) is 4.98 Å². The zero-order valence-corrected chi connectivity index (χ0v) is 8.92. The molecule has 6 heteroatoms. The Morgan fingerprint density at radius 2 is 1.94 bits per heavy atom. The number of hydrogen-bond donors (Lipinski definition) is 2. The van der Waals surface area contributed by atoms with Crippen LogP contribution in [0.3, 0.4) is 0 Å². The first kappa shape index (κ1) is 12.9. The number of aliphatic hydroxyl groups is 1. The molecule has 3 N–H and O–H groups in total. The van der Waals surface area contributed by atoms with Crippen LogP contribution in [0.5, 0.6) is 0 Å². The number of aromatic nitrogens is 1. The molecule has 16 heavy (non-hydrogen) atoms. The Morgan fingerprint density at radius 3 is 2.25 bits per heavy atom. The maximum absolute atomic E-state index is 12.8. The van der Waals surface area contributed by atoms with Gasteiger partial charge >= 0.3 is 6.18 Å². The van der Waals surface area contributed by atoms with Crippen LogP contribution in [0, 0.1) is 6.92 Å². The normalized spacial score (nSPS) is 17.9. The third-order valence-corrected chi connectivity index (χ3v) is 2.44. The van der Waals surface area contributed by atoms with Crippen molar-refractivity contribution in [3.63, 3.8) is 0 Å². The van der Waals surface area contributed by atoms with Gasteiger partial charge in [-0.05, 0) is 19.9 Å². The number of nitrogens with two attached hydrogens (primary N) is 1. The molecule has 2 atom stereocenters. The van der Waals surface area contributed by atoms with Crippen LogP contribution < -0.4 is 5.73 Å². The van der Waals surface area contributed by atoms with Crippen molar-refractivity contribution in [2.24, 2.45) is 5.73 Å². The van der Waals surface area contributed by atoms with Crippen molar-refractivity contribution in [1.29, 1.82) is 0 Å². The first-order valence-electron chi connectivity index (χ1n) is 4.67. The van der Waals surface area contributed by atoms with Crippen molar-refractivity contribution >= 4 is 0 Å². The van der Waals surface area contributed by atoms with Gasteiger partial charge in [0.1, 0.15) is 0 Å². The van der Waals surface area contributed by atoms with Crippen molar-refractivity contribution in [3.05, 3.63) is 29.6 Å². The van der Waals surface area contributed by atoms with Crippen LogP contribution in [-0.2, 0) is 5.60 Å². The second-order valence-electron chi connectivity index (χ2n) is 3.74. The molecule has 1 rings (SSSR count). The fourth-order valence-corrected chi connectivity index (χ4v) is 1.38. The van der Waals surface area contributed by atoms with Gasteiger partial charge in [0, 0.05) is 23.5 Å². The molecule has 0 amide bonds. The Hall–Kier alpha value is -1.14. The van der Waals surface area contributed by atoms with E-state index in [9.17, 15) is 18.3 Å². The summed E-state index contributed by atoms with van der Waals surface area (Å²) >= 11 is 0. The molecule has 0 saturated carbocycles. The number of halogens is 3. The van der Waals surface area contributed by atoms with Crippen molar-refractivity contribution in [3.8, 4) is 0 Å². The summed E-state index contributed by atoms with van der Waals surface area (Å²) in [5.41, 5.74) is 2.39. The van der Waals surface area contributed by atoms with Crippen LogP contribution in [-0.4, -0.2) is 22.3 Å². The Kier molecular flexibility index (Phi) is 3.25. The maximum atomic E-state index is 12.8. The summed E-state index contributed by atoms with van der Waals surface area (Å²) in [5.74, 6) is 0. The molecule has 1 aromatic rings. The SMILES string of the molecule is Cc1ccc(C(O)(C(C)N)C(F)(F)F)cn1. The van der Waals surface area contributed by atoms with Crippen molar-refractivity contribution in [1.82, 2.24) is 4.98 Å². The van der Waals surface area contributed by atoms with Crippen molar-refractivity contribution in [2.45, 2.75) is 31.7 Å². The minimum atomic E-state index is -4.84. The van der Waals surface area contributed by atoms with Gasteiger partial charge in [0.05, 0.1) is 0 Å². The van der Waals surface area contributed by atoms with Crippen LogP contribution in [0.2, 0.25) is 0 Å². The quantitative estimate of drug-likeness (QED) is 0.815. The molecule has 3 nitrogen and oxygen atoms in total. The van der Waals surface area contributed by atoms with Gasteiger partial charge in [-0.1, -0.05) is 6.07 Å². The highest BCUT2D eigenvalue weighted by atomic mass is 19.4. The third kappa shape index (κ3) is 2.03. The molecule has 0 aliphatic rings. The monoisotopic (exact) mass is 234 g/mol. The lowest BCUT2D eigenvalue weighted by Crippen LogP contribution is -2.54. The minimum Gasteiger partial charge on any atom is -0.375 e. The number of hydrogen-bond acceptors (Lipinski definition) is 3. The van der Waals surface area contributed by atoms with Crippen molar-refractivity contribution < 1.29 is 18.3 Å². The average Bonchev–Trinajstić information content (AvgIpc) is 2.15. The highest BCUT2D eigenvalue weighted by Gasteiger charge is 2.57. The standard InChI is InChI=1S/C10H13F3N2O/c1-6-3-4-8(5-15-6)9(16,7(2)14)10(11,12)13/h3-5,7,16H,14H2,1-2H3. The van der Waals surface area contributed by atoms with Crippen LogP contribution in [0.1, 0.15) is 18.2 Å². The molecule has 0 fully saturated rings. The molecule has 0 radical (unpaired) electrons. The Balaban J connectivity index is 3.28. The van der Waals surface area contributed by atoms with Crippen LogP contribution >= 0.6 is 0 Å². The summed E-state index contributed by atoms with van der Waals surface area (Å²) in [7, 11) is 0. The first-order chi connectivity index (χ1) is 7.19. The largest absolute Gasteiger partial charge is 0.423 e. The molecule has 1 heterocycles. The Bertz CT molecular complexity index is 361. The van der Waals surface area contributed by atoms with E-state index in [1.807, 2.05) is 0 Å². The van der Waals surface area contributed by atoms with E-state index in [4.69, 9.17) is 5.73 Å². The molecular weight excluding hydrogens is 221 g/mol. The fraction of sp³-hybridized carbons (Fsp3) is 0.500. The molecule has 0 saturated heterocycles. The lowest BCUT2D eigenvalue weighted by atomic mass is 9.88. The van der Waals surface area contributed by atoms with Gasteiger partial charge in [-0.2, -0.15) is 13.2 Å². The topological polar surface area (TPSA) is 59.1 Å². The number of nitrogens with zero attached hydrogens (tertiary/aromatic N) is 1. The predicted molar refractivity (Wildman–Crippen MR) is 52.6 cm³/mol. The molecule has 0 bridgehead atoms. The highest BCUT2D eigenvalue weighted by Crippen LogP contribution is 2.40. The minimum absolute atomic E-state index is 0.347. The summed E-state index contributed by atoms with van der Waals surface area (Å²) in [4.78, 5) is 3.73. The fourth-order valence-electron chi connectivity index (χ4n) is 1.38. The van der Waals surface area contributed by atoms with E-state index < -0.39 is 17.8 Å². The molecule has 90 valence electrons. The van der Waals surface area contributed by atoms with Crippen LogP contribution in [0.4, 0.5) is 13.2 Å².